The van der Waals surface area contributed by atoms with Crippen molar-refractivity contribution in [2.45, 2.75) is 43.9 Å². The molecule has 0 radical (unpaired) electrons. The lowest BCUT2D eigenvalue weighted by molar-refractivity contribution is -0.140. The monoisotopic (exact) mass is 589 g/mol. The average Bonchev–Trinajstić information content (AvgIpc) is 3.34. The lowest BCUT2D eigenvalue weighted by Gasteiger charge is -2.29. The highest BCUT2D eigenvalue weighted by atomic mass is 35.5. The summed E-state index contributed by atoms with van der Waals surface area (Å²) < 4.78 is 58.6. The number of carbonyl (C=O) groups excluding carboxylic acids is 1. The Morgan fingerprint density at radius 3 is 2.46 bits per heavy atom. The van der Waals surface area contributed by atoms with Gasteiger partial charge >= 0.3 is 6.18 Å². The van der Waals surface area contributed by atoms with E-state index in [-0.39, 0.29) is 24.4 Å². The summed E-state index contributed by atoms with van der Waals surface area (Å²) in [7, 11) is 1.83. The summed E-state index contributed by atoms with van der Waals surface area (Å²) in [6, 6.07) is 8.25. The van der Waals surface area contributed by atoms with Crippen LogP contribution in [0.4, 0.5) is 17.6 Å². The number of ether oxygens (including phenoxy) is 1. The fraction of sp³-hybridized carbons (Fsp3) is 0.536. The Labute approximate surface area is 236 Å². The summed E-state index contributed by atoms with van der Waals surface area (Å²) in [4.78, 5) is 19.3. The predicted molar refractivity (Wildman–Crippen MR) is 144 cm³/mol. The van der Waals surface area contributed by atoms with Crippen LogP contribution in [0.25, 0.3) is 0 Å². The van der Waals surface area contributed by atoms with Crippen molar-refractivity contribution >= 4 is 29.1 Å². The lowest BCUT2D eigenvalue weighted by Crippen LogP contribution is -2.38. The molecule has 2 aliphatic heterocycles. The van der Waals surface area contributed by atoms with E-state index in [1.807, 2.05) is 22.9 Å². The number of unbranched alkanes of at least 4 members (excludes halogenated alkanes) is 1. The summed E-state index contributed by atoms with van der Waals surface area (Å²) >= 11 is 12.4. The first-order valence-electron chi connectivity index (χ1n) is 13.1. The van der Waals surface area contributed by atoms with Gasteiger partial charge < -0.3 is 9.64 Å². The quantitative estimate of drug-likeness (QED) is 0.262. The zero-order chi connectivity index (χ0) is 28.2. The standard InChI is InChI=1S/C28H33Cl2F4N3O2/c1-35(16-19-5-7-22(25(31)14-19)28(32,33)34)26-18-37(17-21(26)20-6-8-23(29)24(30)15-20)27(38)4-2-3-9-36-10-12-39-13-11-36/h5-8,14-15,21,26H,2-4,9-13,16-18H2,1H3/t21-,26?/m1/s1. The Balaban J connectivity index is 1.43. The number of likely N-dealkylation sites (tertiary alicyclic amines) is 1. The molecule has 0 spiro atoms. The third-order valence-corrected chi connectivity index (χ3v) is 8.31. The molecule has 2 fully saturated rings. The van der Waals surface area contributed by atoms with Gasteiger partial charge in [0, 0.05) is 51.1 Å². The highest BCUT2D eigenvalue weighted by molar-refractivity contribution is 6.42. The number of halogens is 6. The van der Waals surface area contributed by atoms with Crippen LogP contribution in [0.3, 0.4) is 0 Å². The molecule has 0 aliphatic carbocycles. The van der Waals surface area contributed by atoms with Gasteiger partial charge in [0.05, 0.1) is 28.8 Å². The van der Waals surface area contributed by atoms with Gasteiger partial charge in [-0.25, -0.2) is 4.39 Å². The minimum atomic E-state index is -4.75. The van der Waals surface area contributed by atoms with Gasteiger partial charge in [-0.05, 0) is 61.8 Å². The van der Waals surface area contributed by atoms with E-state index in [9.17, 15) is 22.4 Å². The molecule has 11 heteroatoms. The molecule has 2 atom stereocenters. The van der Waals surface area contributed by atoms with Crippen LogP contribution in [0.15, 0.2) is 36.4 Å². The van der Waals surface area contributed by atoms with Crippen molar-refractivity contribution in [1.82, 2.24) is 14.7 Å². The molecule has 214 valence electrons. The fourth-order valence-electron chi connectivity index (χ4n) is 5.39. The molecule has 2 aromatic rings. The van der Waals surface area contributed by atoms with Gasteiger partial charge in [-0.1, -0.05) is 35.3 Å². The maximum absolute atomic E-state index is 14.2. The van der Waals surface area contributed by atoms with Crippen LogP contribution in [-0.2, 0) is 22.3 Å². The topological polar surface area (TPSA) is 36.0 Å². The van der Waals surface area contributed by atoms with Crippen molar-refractivity contribution in [3.05, 3.63) is 69.0 Å². The average molecular weight is 590 g/mol. The normalized spacial score (nSPS) is 20.7. The predicted octanol–water partition coefficient (Wildman–Crippen LogP) is 6.08. The summed E-state index contributed by atoms with van der Waals surface area (Å²) in [6.07, 6.45) is -2.59. The second kappa shape index (κ2) is 13.2. The van der Waals surface area contributed by atoms with E-state index < -0.39 is 17.6 Å². The number of alkyl halides is 3. The molecule has 1 unspecified atom stereocenters. The van der Waals surface area contributed by atoms with Gasteiger partial charge in [-0.15, -0.1) is 0 Å². The largest absolute Gasteiger partial charge is 0.419 e. The zero-order valence-electron chi connectivity index (χ0n) is 21.8. The molecule has 0 bridgehead atoms. The van der Waals surface area contributed by atoms with Gasteiger partial charge in [-0.3, -0.25) is 14.6 Å². The fourth-order valence-corrected chi connectivity index (χ4v) is 5.70. The molecule has 0 N–H and O–H groups in total. The number of carbonyl (C=O) groups is 1. The Hall–Kier alpha value is -1.91. The molecule has 2 aliphatic rings. The SMILES string of the molecule is CN(Cc1ccc(C(F)(F)F)c(F)c1)C1CN(C(=O)CCCCN2CCOCC2)C[C@@H]1c1ccc(Cl)c(Cl)c1. The van der Waals surface area contributed by atoms with Crippen LogP contribution in [0.1, 0.15) is 41.9 Å². The van der Waals surface area contributed by atoms with Crippen LogP contribution in [0.5, 0.6) is 0 Å². The van der Waals surface area contributed by atoms with Crippen molar-refractivity contribution in [3.8, 4) is 0 Å². The summed E-state index contributed by atoms with van der Waals surface area (Å²) in [5.41, 5.74) is 0.0556. The molecule has 0 aromatic heterocycles. The highest BCUT2D eigenvalue weighted by Crippen LogP contribution is 2.36. The van der Waals surface area contributed by atoms with Crippen molar-refractivity contribution in [2.75, 3.05) is 53.0 Å². The number of nitrogens with zero attached hydrogens (tertiary/aromatic N) is 3. The first-order valence-corrected chi connectivity index (χ1v) is 13.9. The number of hydrogen-bond acceptors (Lipinski definition) is 4. The number of rotatable bonds is 9. The van der Waals surface area contributed by atoms with E-state index in [2.05, 4.69) is 4.90 Å². The Bertz CT molecular complexity index is 1140. The van der Waals surface area contributed by atoms with E-state index >= 15 is 0 Å². The second-order valence-electron chi connectivity index (χ2n) is 10.3. The molecular formula is C28H33Cl2F4N3O2. The molecule has 1 amide bonds. The molecule has 5 nitrogen and oxygen atoms in total. The molecule has 0 saturated carbocycles. The maximum atomic E-state index is 14.2. The minimum Gasteiger partial charge on any atom is -0.379 e. The van der Waals surface area contributed by atoms with Gasteiger partial charge in [0.2, 0.25) is 5.91 Å². The third-order valence-electron chi connectivity index (χ3n) is 7.57. The second-order valence-corrected chi connectivity index (χ2v) is 11.1. The minimum absolute atomic E-state index is 0.0681. The number of amides is 1. The Kier molecular flexibility index (Phi) is 10.1. The summed E-state index contributed by atoms with van der Waals surface area (Å²) in [5, 5.41) is 0.838. The molecule has 4 rings (SSSR count). The van der Waals surface area contributed by atoms with Crippen molar-refractivity contribution < 1.29 is 27.1 Å². The molecule has 2 aromatic carbocycles. The van der Waals surface area contributed by atoms with Gasteiger partial charge in [0.25, 0.3) is 0 Å². The van der Waals surface area contributed by atoms with E-state index in [4.69, 9.17) is 27.9 Å². The Morgan fingerprint density at radius 1 is 1.05 bits per heavy atom. The van der Waals surface area contributed by atoms with Crippen LogP contribution in [0.2, 0.25) is 10.0 Å². The van der Waals surface area contributed by atoms with E-state index in [0.717, 1.165) is 63.4 Å². The van der Waals surface area contributed by atoms with Crippen LogP contribution < -0.4 is 0 Å². The number of benzene rings is 2. The zero-order valence-corrected chi connectivity index (χ0v) is 23.3. The van der Waals surface area contributed by atoms with Crippen LogP contribution in [0, 0.1) is 5.82 Å². The van der Waals surface area contributed by atoms with Gasteiger partial charge in [0.15, 0.2) is 0 Å². The van der Waals surface area contributed by atoms with Crippen LogP contribution >= 0.6 is 23.2 Å². The third kappa shape index (κ3) is 7.85. The van der Waals surface area contributed by atoms with E-state index in [0.29, 0.717) is 35.1 Å². The van der Waals surface area contributed by atoms with Gasteiger partial charge in [0.1, 0.15) is 5.82 Å². The molecule has 2 heterocycles. The first kappa shape index (κ1) is 30.1. The lowest BCUT2D eigenvalue weighted by atomic mass is 9.93. The van der Waals surface area contributed by atoms with E-state index in [1.54, 1.807) is 12.1 Å². The summed E-state index contributed by atoms with van der Waals surface area (Å²) in [5.74, 6) is -1.32. The molecular weight excluding hydrogens is 557 g/mol. The van der Waals surface area contributed by atoms with Crippen molar-refractivity contribution in [3.63, 3.8) is 0 Å². The molecule has 39 heavy (non-hydrogen) atoms. The summed E-state index contributed by atoms with van der Waals surface area (Å²) in [6.45, 7) is 5.43. The first-order chi connectivity index (χ1) is 18.5. The smallest absolute Gasteiger partial charge is 0.379 e. The van der Waals surface area contributed by atoms with Crippen molar-refractivity contribution in [2.24, 2.45) is 0 Å². The maximum Gasteiger partial charge on any atom is 0.419 e. The van der Waals surface area contributed by atoms with Crippen molar-refractivity contribution in [1.29, 1.82) is 0 Å². The highest BCUT2D eigenvalue weighted by Gasteiger charge is 2.39. The van der Waals surface area contributed by atoms with E-state index in [1.165, 1.54) is 6.07 Å². The molecule has 2 saturated heterocycles. The number of morpholine rings is 1. The number of hydrogen-bond donors (Lipinski definition) is 0. The number of likely N-dealkylation sites (N-methyl/N-ethyl adjacent to an activating group) is 1. The Morgan fingerprint density at radius 2 is 1.79 bits per heavy atom. The van der Waals surface area contributed by atoms with Crippen LogP contribution in [-0.4, -0.2) is 79.6 Å². The van der Waals surface area contributed by atoms with Gasteiger partial charge in [-0.2, -0.15) is 13.2 Å².